The van der Waals surface area contributed by atoms with E-state index in [4.69, 9.17) is 9.47 Å². The molecular weight excluding hydrogens is 312 g/mol. The molecule has 3 rings (SSSR count). The second-order valence-corrected chi connectivity index (χ2v) is 5.95. The Labute approximate surface area is 149 Å². The molecule has 4 heteroatoms. The first kappa shape index (κ1) is 17.5. The third kappa shape index (κ3) is 5.32. The monoisotopic (exact) mass is 336 g/mol. The highest BCUT2D eigenvalue weighted by Crippen LogP contribution is 2.25. The van der Waals surface area contributed by atoms with E-state index in [2.05, 4.69) is 34.7 Å². The number of aryl methyl sites for hydroxylation is 1. The smallest absolute Gasteiger partial charge is 0.219 e. The van der Waals surface area contributed by atoms with Crippen molar-refractivity contribution < 1.29 is 9.47 Å². The first-order chi connectivity index (χ1) is 12.3. The van der Waals surface area contributed by atoms with Gasteiger partial charge in [0.25, 0.3) is 0 Å². The van der Waals surface area contributed by atoms with Crippen molar-refractivity contribution in [2.75, 3.05) is 32.8 Å². The molecule has 0 spiro atoms. The number of nitrogens with zero attached hydrogens (tertiary/aromatic N) is 2. The molecule has 2 aromatic rings. The van der Waals surface area contributed by atoms with Crippen molar-refractivity contribution in [1.29, 1.82) is 0 Å². The maximum absolute atomic E-state index is 5.88. The fourth-order valence-corrected chi connectivity index (χ4v) is 2.76. The molecule has 0 N–H and O–H groups in total. The Morgan fingerprint density at radius 2 is 2.08 bits per heavy atom. The highest BCUT2D eigenvalue weighted by molar-refractivity contribution is 5.45. The lowest BCUT2D eigenvalue weighted by Gasteiger charge is -2.25. The second-order valence-electron chi connectivity index (χ2n) is 5.95. The number of morpholine rings is 1. The van der Waals surface area contributed by atoms with Crippen LogP contribution in [0.5, 0.6) is 11.6 Å². The molecule has 0 aliphatic carbocycles. The highest BCUT2D eigenvalue weighted by atomic mass is 16.5. The van der Waals surface area contributed by atoms with Crippen molar-refractivity contribution >= 4 is 0 Å². The van der Waals surface area contributed by atoms with Gasteiger partial charge in [-0.05, 0) is 36.2 Å². The van der Waals surface area contributed by atoms with Gasteiger partial charge in [0.15, 0.2) is 0 Å². The summed E-state index contributed by atoms with van der Waals surface area (Å²) < 4.78 is 11.2. The van der Waals surface area contributed by atoms with Gasteiger partial charge < -0.3 is 9.47 Å². The van der Waals surface area contributed by atoms with Crippen LogP contribution in [0.4, 0.5) is 0 Å². The van der Waals surface area contributed by atoms with Crippen LogP contribution in [0.1, 0.15) is 24.5 Å². The molecule has 130 valence electrons. The van der Waals surface area contributed by atoms with Crippen LogP contribution in [0, 0.1) is 11.8 Å². The van der Waals surface area contributed by atoms with Crippen molar-refractivity contribution in [3.8, 4) is 23.5 Å². The molecule has 0 unspecified atom stereocenters. The van der Waals surface area contributed by atoms with Crippen LogP contribution in [0.25, 0.3) is 0 Å². The standard InChI is InChI=1S/C21H24N2O2/c1-2-19-17-18(7-4-6-12-23-13-15-24-16-14-23)9-10-20(19)25-21-8-3-5-11-22-21/h3,5,8-11,17H,2,6,12-16H2,1H3. The molecule has 0 saturated carbocycles. The zero-order valence-corrected chi connectivity index (χ0v) is 14.7. The Hall–Kier alpha value is -2.35. The summed E-state index contributed by atoms with van der Waals surface area (Å²) >= 11 is 0. The van der Waals surface area contributed by atoms with Crippen molar-refractivity contribution in [3.05, 3.63) is 53.7 Å². The molecule has 0 atom stereocenters. The fourth-order valence-electron chi connectivity index (χ4n) is 2.76. The van der Waals surface area contributed by atoms with E-state index in [1.165, 1.54) is 0 Å². The molecule has 1 aliphatic rings. The summed E-state index contributed by atoms with van der Waals surface area (Å²) in [7, 11) is 0. The van der Waals surface area contributed by atoms with Gasteiger partial charge in [-0.25, -0.2) is 4.98 Å². The SMILES string of the molecule is CCc1cc(C#CCCN2CCOCC2)ccc1Oc1ccccn1. The van der Waals surface area contributed by atoms with Crippen LogP contribution in [0.3, 0.4) is 0 Å². The number of pyridine rings is 1. The molecular formula is C21H24N2O2. The van der Waals surface area contributed by atoms with E-state index in [0.717, 1.165) is 62.6 Å². The maximum Gasteiger partial charge on any atom is 0.219 e. The first-order valence-electron chi connectivity index (χ1n) is 8.86. The molecule has 2 heterocycles. The second kappa shape index (κ2) is 9.22. The van der Waals surface area contributed by atoms with E-state index in [0.29, 0.717) is 5.88 Å². The van der Waals surface area contributed by atoms with E-state index in [-0.39, 0.29) is 0 Å². The molecule has 25 heavy (non-hydrogen) atoms. The minimum absolute atomic E-state index is 0.613. The van der Waals surface area contributed by atoms with Crippen molar-refractivity contribution in [2.24, 2.45) is 0 Å². The number of rotatable bonds is 5. The molecule has 4 nitrogen and oxygen atoms in total. The van der Waals surface area contributed by atoms with Crippen LogP contribution in [-0.2, 0) is 11.2 Å². The predicted octanol–water partition coefficient (Wildman–Crippen LogP) is 3.51. The molecule has 0 amide bonds. The molecule has 0 radical (unpaired) electrons. The summed E-state index contributed by atoms with van der Waals surface area (Å²) in [5.41, 5.74) is 2.18. The summed E-state index contributed by atoms with van der Waals surface area (Å²) in [6.45, 7) is 6.84. The largest absolute Gasteiger partial charge is 0.439 e. The van der Waals surface area contributed by atoms with E-state index in [1.807, 2.05) is 30.3 Å². The van der Waals surface area contributed by atoms with Gasteiger partial charge in [-0.15, -0.1) is 0 Å². The lowest BCUT2D eigenvalue weighted by molar-refractivity contribution is 0.0390. The molecule has 1 aromatic carbocycles. The number of ether oxygens (including phenoxy) is 2. The van der Waals surface area contributed by atoms with Crippen LogP contribution in [-0.4, -0.2) is 42.7 Å². The molecule has 1 saturated heterocycles. The van der Waals surface area contributed by atoms with Gasteiger partial charge in [-0.3, -0.25) is 4.90 Å². The zero-order valence-electron chi connectivity index (χ0n) is 14.7. The van der Waals surface area contributed by atoms with Crippen molar-refractivity contribution in [1.82, 2.24) is 9.88 Å². The van der Waals surface area contributed by atoms with Gasteiger partial charge in [0, 0.05) is 43.9 Å². The van der Waals surface area contributed by atoms with Crippen LogP contribution >= 0.6 is 0 Å². The van der Waals surface area contributed by atoms with Crippen LogP contribution in [0.2, 0.25) is 0 Å². The molecule has 1 aliphatic heterocycles. The van der Waals surface area contributed by atoms with Crippen LogP contribution < -0.4 is 4.74 Å². The lowest BCUT2D eigenvalue weighted by Crippen LogP contribution is -2.36. The quantitative estimate of drug-likeness (QED) is 0.783. The summed E-state index contributed by atoms with van der Waals surface area (Å²) in [5, 5.41) is 0. The lowest BCUT2D eigenvalue weighted by atomic mass is 10.1. The third-order valence-corrected chi connectivity index (χ3v) is 4.18. The van der Waals surface area contributed by atoms with Crippen molar-refractivity contribution in [2.45, 2.75) is 19.8 Å². The Bertz CT molecular complexity index is 729. The molecule has 1 fully saturated rings. The van der Waals surface area contributed by atoms with Crippen molar-refractivity contribution in [3.63, 3.8) is 0 Å². The Morgan fingerprint density at radius 1 is 1.20 bits per heavy atom. The molecule has 0 bridgehead atoms. The summed E-state index contributed by atoms with van der Waals surface area (Å²) in [4.78, 5) is 6.62. The van der Waals surface area contributed by atoms with Crippen LogP contribution in [0.15, 0.2) is 42.6 Å². The number of aromatic nitrogens is 1. The Balaban J connectivity index is 1.60. The zero-order chi connectivity index (χ0) is 17.3. The van der Waals surface area contributed by atoms with Gasteiger partial charge in [0.2, 0.25) is 5.88 Å². The third-order valence-electron chi connectivity index (χ3n) is 4.18. The summed E-state index contributed by atoms with van der Waals surface area (Å²) in [5.74, 6) is 8.01. The van der Waals surface area contributed by atoms with Gasteiger partial charge in [0.1, 0.15) is 5.75 Å². The summed E-state index contributed by atoms with van der Waals surface area (Å²) in [6, 6.07) is 11.8. The van der Waals surface area contributed by atoms with E-state index in [9.17, 15) is 0 Å². The Morgan fingerprint density at radius 3 is 2.84 bits per heavy atom. The summed E-state index contributed by atoms with van der Waals surface area (Å²) in [6.07, 6.45) is 3.51. The number of hydrogen-bond acceptors (Lipinski definition) is 4. The van der Waals surface area contributed by atoms with Gasteiger partial charge in [-0.2, -0.15) is 0 Å². The fraction of sp³-hybridized carbons (Fsp3) is 0.381. The normalized spacial score (nSPS) is 14.6. The van der Waals surface area contributed by atoms with E-state index in [1.54, 1.807) is 6.20 Å². The maximum atomic E-state index is 5.88. The van der Waals surface area contributed by atoms with Gasteiger partial charge in [0.05, 0.1) is 13.2 Å². The van der Waals surface area contributed by atoms with Gasteiger partial charge in [-0.1, -0.05) is 24.8 Å². The average Bonchev–Trinajstić information content (AvgIpc) is 2.68. The minimum atomic E-state index is 0.613. The van der Waals surface area contributed by atoms with E-state index < -0.39 is 0 Å². The van der Waals surface area contributed by atoms with E-state index >= 15 is 0 Å². The predicted molar refractivity (Wildman–Crippen MR) is 98.9 cm³/mol. The highest BCUT2D eigenvalue weighted by Gasteiger charge is 2.08. The number of benzene rings is 1. The minimum Gasteiger partial charge on any atom is -0.439 e. The first-order valence-corrected chi connectivity index (χ1v) is 8.86. The molecule has 1 aromatic heterocycles. The Kier molecular flexibility index (Phi) is 6.44. The topological polar surface area (TPSA) is 34.6 Å². The number of hydrogen-bond donors (Lipinski definition) is 0. The average molecular weight is 336 g/mol. The van der Waals surface area contributed by atoms with Gasteiger partial charge >= 0.3 is 0 Å².